The smallest absolute Gasteiger partial charge is 0.308 e. The summed E-state index contributed by atoms with van der Waals surface area (Å²) >= 11 is 0. The third kappa shape index (κ3) is 17.9. The molecule has 4 unspecified atom stereocenters. The molecule has 1 aliphatic heterocycles. The molecular weight excluding hydrogens is 572 g/mol. The maximum Gasteiger partial charge on any atom is 0.308 e. The molecule has 13 nitrogen and oxygen atoms in total. The van der Waals surface area contributed by atoms with Crippen LogP contribution in [-0.2, 0) is 35.3 Å². The third-order valence-corrected chi connectivity index (χ3v) is 5.67. The Morgan fingerprint density at radius 1 is 1.11 bits per heavy atom. The van der Waals surface area contributed by atoms with E-state index < -0.39 is 30.4 Å². The lowest BCUT2D eigenvalue weighted by Crippen LogP contribution is -2.46. The maximum absolute atomic E-state index is 12.8. The highest BCUT2D eigenvalue weighted by Crippen LogP contribution is 2.30. The molecule has 0 aromatic heterocycles. The fourth-order valence-corrected chi connectivity index (χ4v) is 3.38. The number of aldehydes is 1. The number of benzene rings is 1. The lowest BCUT2D eigenvalue weighted by molar-refractivity contribution is -0.175. The summed E-state index contributed by atoms with van der Waals surface area (Å²) in [5.74, 6) is -1.25. The molecule has 6 N–H and O–H groups in total. The van der Waals surface area contributed by atoms with Crippen LogP contribution < -0.4 is 26.0 Å². The predicted octanol–water partition coefficient (Wildman–Crippen LogP) is 1.89. The largest absolute Gasteiger partial charge is 0.463 e. The van der Waals surface area contributed by atoms with Gasteiger partial charge in [-0.2, -0.15) is 0 Å². The van der Waals surface area contributed by atoms with Gasteiger partial charge in [-0.05, 0) is 31.7 Å². The van der Waals surface area contributed by atoms with Gasteiger partial charge in [0.1, 0.15) is 30.8 Å². The monoisotopic (exact) mass is 626 g/mol. The van der Waals surface area contributed by atoms with Crippen molar-refractivity contribution >= 4 is 29.8 Å². The van der Waals surface area contributed by atoms with E-state index in [1.807, 2.05) is 13.8 Å². The molecule has 252 valence electrons. The van der Waals surface area contributed by atoms with Gasteiger partial charge in [0.25, 0.3) is 0 Å². The Hall–Kier alpha value is -3.10. The zero-order valence-corrected chi connectivity index (χ0v) is 27.5. The van der Waals surface area contributed by atoms with Crippen molar-refractivity contribution in [2.75, 3.05) is 32.1 Å². The van der Waals surface area contributed by atoms with E-state index in [0.29, 0.717) is 18.4 Å². The molecule has 13 heteroatoms. The van der Waals surface area contributed by atoms with Crippen molar-refractivity contribution in [1.82, 2.24) is 16.0 Å². The van der Waals surface area contributed by atoms with E-state index in [-0.39, 0.29) is 67.9 Å². The lowest BCUT2D eigenvalue weighted by atomic mass is 10.1. The Morgan fingerprint density at radius 3 is 2.30 bits per heavy atom. The van der Waals surface area contributed by atoms with Crippen LogP contribution in [0.3, 0.4) is 0 Å². The van der Waals surface area contributed by atoms with Crippen LogP contribution in [-0.4, -0.2) is 91.6 Å². The minimum atomic E-state index is -0.938. The predicted molar refractivity (Wildman–Crippen MR) is 168 cm³/mol. The number of hydrogen-bond acceptors (Lipinski definition) is 11. The lowest BCUT2D eigenvalue weighted by Gasteiger charge is -2.31. The van der Waals surface area contributed by atoms with Crippen LogP contribution in [0.1, 0.15) is 73.3 Å². The van der Waals surface area contributed by atoms with Gasteiger partial charge in [-0.1, -0.05) is 54.0 Å². The standard InChI is InChI=1S/C25H37N3O8.C3H9NO.C3H8/c1-14(2)25(33)34-13-17-6-7-20(28-24(32)16(5)27-22(31)11-26-15(3)4)21(8-17)36-23-10-18(30)9-19(12-29)35-23;1-4-2-3-5;1-3-2/h6-8,12,14-16,18-19,23,26,30H,9-11,13H2,1-5H3,(H,27,31)(H,28,32);4-5H,2-3H2,1H3;3H2,1-2H3. The van der Waals surface area contributed by atoms with Crippen molar-refractivity contribution in [3.63, 3.8) is 0 Å². The summed E-state index contributed by atoms with van der Waals surface area (Å²) in [5.41, 5.74) is 0.882. The molecule has 2 rings (SSSR count). The Balaban J connectivity index is 0.00000205. The van der Waals surface area contributed by atoms with Gasteiger partial charge in [0, 0.05) is 25.4 Å². The number of aliphatic hydroxyl groups is 2. The number of rotatable bonds is 14. The molecule has 2 amide bonds. The number of hydrogen-bond donors (Lipinski definition) is 6. The molecule has 44 heavy (non-hydrogen) atoms. The SMILES string of the molecule is CC(C)NCC(=O)NC(C)C(=O)Nc1ccc(COC(=O)C(C)C)cc1OC1CC(O)CC(C=O)O1.CCC.CNCCO. The van der Waals surface area contributed by atoms with E-state index in [2.05, 4.69) is 35.1 Å². The number of esters is 1. The van der Waals surface area contributed by atoms with Gasteiger partial charge < -0.3 is 50.5 Å². The number of anilines is 1. The maximum atomic E-state index is 12.8. The van der Waals surface area contributed by atoms with Crippen molar-refractivity contribution in [3.8, 4) is 5.75 Å². The molecule has 1 aromatic rings. The van der Waals surface area contributed by atoms with Crippen LogP contribution in [0.4, 0.5) is 5.69 Å². The molecule has 1 fully saturated rings. The third-order valence-electron chi connectivity index (χ3n) is 5.67. The highest BCUT2D eigenvalue weighted by Gasteiger charge is 2.30. The average Bonchev–Trinajstić information content (AvgIpc) is 2.96. The molecule has 0 saturated carbocycles. The summed E-state index contributed by atoms with van der Waals surface area (Å²) in [7, 11) is 1.80. The molecule has 1 saturated heterocycles. The van der Waals surface area contributed by atoms with E-state index >= 15 is 0 Å². The second-order valence-electron chi connectivity index (χ2n) is 10.9. The fourth-order valence-electron chi connectivity index (χ4n) is 3.38. The number of aliphatic hydroxyl groups excluding tert-OH is 2. The quantitative estimate of drug-likeness (QED) is 0.131. The van der Waals surface area contributed by atoms with E-state index in [1.165, 1.54) is 6.42 Å². The summed E-state index contributed by atoms with van der Waals surface area (Å²) in [6, 6.07) is 4.11. The van der Waals surface area contributed by atoms with E-state index in [1.54, 1.807) is 46.0 Å². The van der Waals surface area contributed by atoms with Crippen LogP contribution >= 0.6 is 0 Å². The number of carbonyl (C=O) groups is 4. The van der Waals surface area contributed by atoms with Crippen molar-refractivity contribution < 1.29 is 43.6 Å². The van der Waals surface area contributed by atoms with Crippen molar-refractivity contribution in [2.24, 2.45) is 5.92 Å². The number of ether oxygens (including phenoxy) is 3. The zero-order valence-electron chi connectivity index (χ0n) is 27.5. The molecule has 1 aliphatic rings. The van der Waals surface area contributed by atoms with Gasteiger partial charge >= 0.3 is 5.97 Å². The molecule has 0 radical (unpaired) electrons. The average molecular weight is 627 g/mol. The molecule has 0 spiro atoms. The minimum Gasteiger partial charge on any atom is -0.463 e. The van der Waals surface area contributed by atoms with E-state index in [4.69, 9.17) is 19.3 Å². The molecule has 4 atom stereocenters. The van der Waals surface area contributed by atoms with Crippen molar-refractivity contribution in [1.29, 1.82) is 0 Å². The topological polar surface area (TPSA) is 185 Å². The first-order valence-electron chi connectivity index (χ1n) is 15.2. The van der Waals surface area contributed by atoms with Gasteiger partial charge in [0.15, 0.2) is 0 Å². The normalized spacial score (nSPS) is 18.1. The van der Waals surface area contributed by atoms with Crippen LogP contribution in [0.5, 0.6) is 5.75 Å². The highest BCUT2D eigenvalue weighted by molar-refractivity contribution is 5.98. The Morgan fingerprint density at radius 2 is 1.77 bits per heavy atom. The first-order chi connectivity index (χ1) is 20.8. The van der Waals surface area contributed by atoms with Crippen molar-refractivity contribution in [2.45, 2.75) is 105 Å². The zero-order chi connectivity index (χ0) is 33.7. The number of carbonyl (C=O) groups excluding carboxylic acids is 4. The van der Waals surface area contributed by atoms with Gasteiger partial charge in [0.05, 0.1) is 30.9 Å². The number of likely N-dealkylation sites (N-methyl/N-ethyl adjacent to an activating group) is 1. The van der Waals surface area contributed by atoms with Crippen molar-refractivity contribution in [3.05, 3.63) is 23.8 Å². The molecule has 1 aromatic carbocycles. The summed E-state index contributed by atoms with van der Waals surface area (Å²) in [6.07, 6.45) is -0.404. The summed E-state index contributed by atoms with van der Waals surface area (Å²) in [6.45, 7) is 14.1. The minimum absolute atomic E-state index is 0.0119. The fraction of sp³-hybridized carbons (Fsp3) is 0.677. The van der Waals surface area contributed by atoms with Gasteiger partial charge in [-0.3, -0.25) is 14.4 Å². The van der Waals surface area contributed by atoms with Crippen LogP contribution in [0.2, 0.25) is 0 Å². The Labute approximate surface area is 261 Å². The van der Waals surface area contributed by atoms with Gasteiger partial charge in [-0.25, -0.2) is 0 Å². The van der Waals surface area contributed by atoms with Crippen LogP contribution in [0.25, 0.3) is 0 Å². The molecule has 0 bridgehead atoms. The molecule has 0 aliphatic carbocycles. The van der Waals surface area contributed by atoms with E-state index in [0.717, 1.165) is 0 Å². The first-order valence-corrected chi connectivity index (χ1v) is 15.2. The highest BCUT2D eigenvalue weighted by atomic mass is 16.7. The summed E-state index contributed by atoms with van der Waals surface area (Å²) in [5, 5.41) is 29.2. The first kappa shape index (κ1) is 40.9. The van der Waals surface area contributed by atoms with E-state index in [9.17, 15) is 24.3 Å². The van der Waals surface area contributed by atoms with Crippen LogP contribution in [0.15, 0.2) is 18.2 Å². The molecule has 1 heterocycles. The molecular formula is C31H54N4O9. The van der Waals surface area contributed by atoms with Gasteiger partial charge in [0.2, 0.25) is 18.1 Å². The van der Waals surface area contributed by atoms with Gasteiger partial charge in [-0.15, -0.1) is 0 Å². The number of nitrogens with one attached hydrogen (secondary N) is 4. The Bertz CT molecular complexity index is 989. The summed E-state index contributed by atoms with van der Waals surface area (Å²) in [4.78, 5) is 47.9. The second kappa shape index (κ2) is 23.3. The summed E-state index contributed by atoms with van der Waals surface area (Å²) < 4.78 is 16.8. The number of amides is 2. The van der Waals surface area contributed by atoms with Crippen LogP contribution in [0, 0.1) is 5.92 Å². The Kier molecular flexibility index (Phi) is 21.7. The second-order valence-corrected chi connectivity index (χ2v) is 10.9.